The van der Waals surface area contributed by atoms with Crippen LogP contribution in [-0.2, 0) is 12.4 Å². The molecule has 0 aliphatic carbocycles. The third kappa shape index (κ3) is 6.28. The minimum absolute atomic E-state index is 0.0712. The van der Waals surface area contributed by atoms with Gasteiger partial charge in [-0.3, -0.25) is 0 Å². The Kier molecular flexibility index (Phi) is 7.27. The summed E-state index contributed by atoms with van der Waals surface area (Å²) < 4.78 is 88.5. The third-order valence-electron chi connectivity index (χ3n) is 3.08. The van der Waals surface area contributed by atoms with Crippen LogP contribution >= 0.6 is 43.5 Å². The van der Waals surface area contributed by atoms with Crippen LogP contribution in [0.15, 0.2) is 39.9 Å². The fourth-order valence-corrected chi connectivity index (χ4v) is 2.32. The Morgan fingerprint density at radius 3 is 2.29 bits per heavy atom. The Morgan fingerprint density at radius 1 is 1.07 bits per heavy atom. The van der Waals surface area contributed by atoms with Gasteiger partial charge < -0.3 is 9.47 Å². The molecule has 0 radical (unpaired) electrons. The molecule has 3 nitrogen and oxygen atoms in total. The zero-order valence-corrected chi connectivity index (χ0v) is 17.3. The highest BCUT2D eigenvalue weighted by atomic mass is 79.9. The maximum Gasteiger partial charge on any atom is 0.421 e. The van der Waals surface area contributed by atoms with Gasteiger partial charge in [-0.1, -0.05) is 11.6 Å². The summed E-state index contributed by atoms with van der Waals surface area (Å²) in [6.07, 6.45) is -8.21. The lowest BCUT2D eigenvalue weighted by Crippen LogP contribution is -2.13. The molecule has 28 heavy (non-hydrogen) atoms. The van der Waals surface area contributed by atoms with E-state index in [-0.39, 0.29) is 29.6 Å². The fourth-order valence-electron chi connectivity index (χ4n) is 1.85. The second kappa shape index (κ2) is 8.91. The lowest BCUT2D eigenvalue weighted by Gasteiger charge is -2.16. The van der Waals surface area contributed by atoms with Gasteiger partial charge in [0.1, 0.15) is 23.7 Å². The molecule has 0 saturated heterocycles. The molecule has 0 N–H and O–H groups in total. The Hall–Kier alpha value is -1.46. The molecule has 152 valence electrons. The van der Waals surface area contributed by atoms with Crippen LogP contribution in [0.25, 0.3) is 0 Å². The lowest BCUT2D eigenvalue weighted by molar-refractivity contribution is -0.144. The number of halogens is 9. The van der Waals surface area contributed by atoms with Crippen molar-refractivity contribution >= 4 is 43.5 Å². The maximum absolute atomic E-state index is 13.1. The molecule has 2 aromatic rings. The minimum atomic E-state index is -5.12. The number of ether oxygens (including phenoxy) is 2. The smallest absolute Gasteiger partial charge is 0.421 e. The molecule has 0 saturated carbocycles. The van der Waals surface area contributed by atoms with E-state index in [0.717, 1.165) is 0 Å². The molecule has 0 unspecified atom stereocenters. The van der Waals surface area contributed by atoms with Crippen molar-refractivity contribution in [2.75, 3.05) is 6.61 Å². The van der Waals surface area contributed by atoms with Crippen molar-refractivity contribution < 1.29 is 35.8 Å². The standard InChI is InChI=1S/C16H8Br2ClF6NO2/c17-13(18)3-4-27-9-1-2-12(11(19)6-9)28-14-10(16(23,24)25)5-8(7-26-14)15(20,21)22/h1-3,5-7H,4H2. The normalized spacial score (nSPS) is 11.9. The number of nitrogens with zero attached hydrogens (tertiary/aromatic N) is 1. The molecular formula is C16H8Br2ClF6NO2. The monoisotopic (exact) mass is 553 g/mol. The molecule has 0 bridgehead atoms. The first-order valence-corrected chi connectivity index (χ1v) is 9.10. The number of rotatable bonds is 5. The summed E-state index contributed by atoms with van der Waals surface area (Å²) in [7, 11) is 0. The van der Waals surface area contributed by atoms with Crippen molar-refractivity contribution in [3.8, 4) is 17.4 Å². The Bertz CT molecular complexity index is 882. The zero-order valence-electron chi connectivity index (χ0n) is 13.3. The highest BCUT2D eigenvalue weighted by molar-refractivity contribution is 9.28. The molecule has 1 aromatic carbocycles. The highest BCUT2D eigenvalue weighted by Gasteiger charge is 2.40. The van der Waals surface area contributed by atoms with Gasteiger partial charge in [-0.25, -0.2) is 4.98 Å². The molecule has 2 rings (SSSR count). The van der Waals surface area contributed by atoms with Crippen LogP contribution in [0, 0.1) is 0 Å². The predicted octanol–water partition coefficient (Wildman–Crippen LogP) is 7.57. The van der Waals surface area contributed by atoms with Gasteiger partial charge >= 0.3 is 12.4 Å². The van der Waals surface area contributed by atoms with Crippen LogP contribution in [0.5, 0.6) is 17.4 Å². The molecule has 0 atom stereocenters. The number of aromatic nitrogens is 1. The summed E-state index contributed by atoms with van der Waals surface area (Å²) in [5, 5.41) is -0.116. The van der Waals surface area contributed by atoms with Crippen LogP contribution in [0.4, 0.5) is 26.3 Å². The van der Waals surface area contributed by atoms with E-state index in [1.54, 1.807) is 6.08 Å². The van der Waals surface area contributed by atoms with Crippen LogP contribution in [-0.4, -0.2) is 11.6 Å². The van der Waals surface area contributed by atoms with Crippen molar-refractivity contribution in [1.29, 1.82) is 0 Å². The average molecular weight is 555 g/mol. The van der Waals surface area contributed by atoms with Crippen molar-refractivity contribution in [3.05, 3.63) is 56.1 Å². The van der Waals surface area contributed by atoms with Gasteiger partial charge in [-0.2, -0.15) is 26.3 Å². The number of pyridine rings is 1. The van der Waals surface area contributed by atoms with Crippen molar-refractivity contribution in [2.24, 2.45) is 0 Å². The summed E-state index contributed by atoms with van der Waals surface area (Å²) in [6, 6.07) is 3.79. The number of hydrogen-bond donors (Lipinski definition) is 0. The molecule has 1 heterocycles. The summed E-state index contributed by atoms with van der Waals surface area (Å²) in [5.41, 5.74) is -3.22. The van der Waals surface area contributed by atoms with Gasteiger partial charge in [0.15, 0.2) is 0 Å². The SMILES string of the molecule is FC(F)(F)c1cnc(Oc2ccc(OCC=C(Br)Br)cc2Cl)c(C(F)(F)F)c1. The van der Waals surface area contributed by atoms with Gasteiger partial charge in [-0.05, 0) is 56.1 Å². The number of hydrogen-bond acceptors (Lipinski definition) is 3. The molecule has 0 amide bonds. The molecule has 0 aliphatic heterocycles. The largest absolute Gasteiger partial charge is 0.489 e. The highest BCUT2D eigenvalue weighted by Crippen LogP contribution is 2.41. The van der Waals surface area contributed by atoms with Gasteiger partial charge in [0.25, 0.3) is 0 Å². The molecule has 0 spiro atoms. The topological polar surface area (TPSA) is 31.4 Å². The van der Waals surface area contributed by atoms with E-state index in [4.69, 9.17) is 21.1 Å². The quantitative estimate of drug-likeness (QED) is 0.357. The van der Waals surface area contributed by atoms with Crippen molar-refractivity contribution in [1.82, 2.24) is 4.98 Å². The Balaban J connectivity index is 2.31. The molecule has 0 fully saturated rings. The van der Waals surface area contributed by atoms with Gasteiger partial charge in [0.05, 0.1) is 14.0 Å². The molecule has 12 heteroatoms. The third-order valence-corrected chi connectivity index (χ3v) is 4.02. The summed E-state index contributed by atoms with van der Waals surface area (Å²) in [6.45, 7) is 0.168. The van der Waals surface area contributed by atoms with Crippen LogP contribution in [0.3, 0.4) is 0 Å². The summed E-state index contributed by atoms with van der Waals surface area (Å²) in [4.78, 5) is 3.17. The maximum atomic E-state index is 13.1. The average Bonchev–Trinajstić information content (AvgIpc) is 2.55. The molecular weight excluding hydrogens is 547 g/mol. The van der Waals surface area contributed by atoms with Crippen LogP contribution < -0.4 is 9.47 Å². The van der Waals surface area contributed by atoms with Gasteiger partial charge in [0.2, 0.25) is 5.88 Å². The fraction of sp³-hybridized carbons (Fsp3) is 0.188. The van der Waals surface area contributed by atoms with Gasteiger partial charge in [0, 0.05) is 12.3 Å². The van der Waals surface area contributed by atoms with E-state index in [9.17, 15) is 26.3 Å². The number of alkyl halides is 6. The van der Waals surface area contributed by atoms with E-state index in [0.29, 0.717) is 9.14 Å². The second-order valence-electron chi connectivity index (χ2n) is 5.07. The first-order valence-electron chi connectivity index (χ1n) is 7.13. The predicted molar refractivity (Wildman–Crippen MR) is 97.2 cm³/mol. The van der Waals surface area contributed by atoms with Gasteiger partial charge in [-0.15, -0.1) is 0 Å². The number of benzene rings is 1. The van der Waals surface area contributed by atoms with E-state index >= 15 is 0 Å². The Labute approximate surface area is 176 Å². The van der Waals surface area contributed by atoms with Crippen molar-refractivity contribution in [3.63, 3.8) is 0 Å². The first kappa shape index (κ1) is 22.8. The first-order chi connectivity index (χ1) is 12.9. The summed E-state index contributed by atoms with van der Waals surface area (Å²) in [5.74, 6) is -0.988. The van der Waals surface area contributed by atoms with Crippen molar-refractivity contribution in [2.45, 2.75) is 12.4 Å². The van der Waals surface area contributed by atoms with E-state index in [1.807, 2.05) is 0 Å². The van der Waals surface area contributed by atoms with Crippen LogP contribution in [0.1, 0.15) is 11.1 Å². The lowest BCUT2D eigenvalue weighted by atomic mass is 10.2. The molecule has 0 aliphatic rings. The minimum Gasteiger partial charge on any atom is -0.489 e. The van der Waals surface area contributed by atoms with E-state index in [2.05, 4.69) is 36.8 Å². The van der Waals surface area contributed by atoms with Crippen LogP contribution in [0.2, 0.25) is 5.02 Å². The zero-order chi connectivity index (χ0) is 21.1. The summed E-state index contributed by atoms with van der Waals surface area (Å²) >= 11 is 12.2. The van der Waals surface area contributed by atoms with E-state index in [1.165, 1.54) is 18.2 Å². The molecule has 1 aromatic heterocycles. The Morgan fingerprint density at radius 2 is 1.75 bits per heavy atom. The second-order valence-corrected chi connectivity index (χ2v) is 8.25. The van der Waals surface area contributed by atoms with E-state index < -0.39 is 29.4 Å².